The minimum atomic E-state index is -0.628. The molecule has 0 aromatic heterocycles. The molecule has 0 unspecified atom stereocenters. The van der Waals surface area contributed by atoms with Crippen LogP contribution in [0.5, 0.6) is 5.75 Å². The molecule has 4 nitrogen and oxygen atoms in total. The number of nitrogens with one attached hydrogen (secondary N) is 1. The van der Waals surface area contributed by atoms with Crippen LogP contribution in [-0.2, 0) is 4.79 Å². The third-order valence-corrected chi connectivity index (χ3v) is 2.42. The van der Waals surface area contributed by atoms with Crippen LogP contribution in [0.3, 0.4) is 0 Å². The van der Waals surface area contributed by atoms with Gasteiger partial charge in [-0.15, -0.1) is 6.58 Å². The van der Waals surface area contributed by atoms with E-state index in [4.69, 9.17) is 4.74 Å². The smallest absolute Gasteiger partial charge is 0.258 e. The zero-order valence-electron chi connectivity index (χ0n) is 10.8. The molecule has 0 radical (unpaired) electrons. The summed E-state index contributed by atoms with van der Waals surface area (Å²) in [6.07, 6.45) is 0.975. The zero-order valence-corrected chi connectivity index (χ0v) is 10.8. The number of carbonyl (C=O) groups excluding carboxylic acids is 1. The maximum absolute atomic E-state index is 11.4. The summed E-state index contributed by atoms with van der Waals surface area (Å²) in [4.78, 5) is 11.4. The van der Waals surface area contributed by atoms with E-state index in [1.807, 2.05) is 19.1 Å². The van der Waals surface area contributed by atoms with E-state index in [0.717, 1.165) is 5.56 Å². The van der Waals surface area contributed by atoms with Crippen LogP contribution in [-0.4, -0.2) is 24.2 Å². The first-order chi connectivity index (χ1) is 8.54. The number of hydrogen-bond donors (Lipinski definition) is 2. The molecule has 0 bridgehead atoms. The van der Waals surface area contributed by atoms with E-state index < -0.39 is 6.10 Å². The van der Waals surface area contributed by atoms with Gasteiger partial charge < -0.3 is 15.2 Å². The highest BCUT2D eigenvalue weighted by molar-refractivity contribution is 5.77. The summed E-state index contributed by atoms with van der Waals surface area (Å²) in [5, 5.41) is 12.2. The molecule has 1 aromatic carbocycles. The molecule has 0 saturated carbocycles. The number of ether oxygens (including phenoxy) is 1. The van der Waals surface area contributed by atoms with Crippen molar-refractivity contribution in [3.63, 3.8) is 0 Å². The lowest BCUT2D eigenvalue weighted by Crippen LogP contribution is -2.29. The number of carbonyl (C=O) groups is 1. The lowest BCUT2D eigenvalue weighted by Gasteiger charge is -2.14. The van der Waals surface area contributed by atoms with Gasteiger partial charge in [-0.1, -0.05) is 18.2 Å². The lowest BCUT2D eigenvalue weighted by molar-refractivity contribution is -0.122. The first kappa shape index (κ1) is 14.3. The first-order valence-electron chi connectivity index (χ1n) is 5.83. The molecule has 2 N–H and O–H groups in total. The highest BCUT2D eigenvalue weighted by Crippen LogP contribution is 2.26. The van der Waals surface area contributed by atoms with Crippen molar-refractivity contribution in [2.75, 3.05) is 13.2 Å². The number of aryl methyl sites for hydroxylation is 1. The van der Waals surface area contributed by atoms with Gasteiger partial charge in [0, 0.05) is 12.1 Å². The maximum atomic E-state index is 11.4. The van der Waals surface area contributed by atoms with Gasteiger partial charge in [0.1, 0.15) is 5.75 Å². The van der Waals surface area contributed by atoms with Crippen LogP contribution in [0.25, 0.3) is 0 Å². The predicted molar refractivity (Wildman–Crippen MR) is 70.5 cm³/mol. The summed E-state index contributed by atoms with van der Waals surface area (Å²) in [6.45, 7) is 7.44. The summed E-state index contributed by atoms with van der Waals surface area (Å²) in [7, 11) is 0. The standard InChI is InChI=1S/C14H19NO3/c1-4-7-15-14(17)9-18-13-8-10(2)5-6-12(13)11(3)16/h4-6,8,11,16H,1,7,9H2,2-3H3,(H,15,17)/t11-/m1/s1. The topological polar surface area (TPSA) is 58.6 Å². The van der Waals surface area contributed by atoms with Crippen LogP contribution in [0.1, 0.15) is 24.2 Å². The molecule has 0 spiro atoms. The van der Waals surface area contributed by atoms with Crippen LogP contribution in [0.4, 0.5) is 0 Å². The van der Waals surface area contributed by atoms with Gasteiger partial charge in [0.15, 0.2) is 6.61 Å². The fourth-order valence-electron chi connectivity index (χ4n) is 1.49. The SMILES string of the molecule is C=CCNC(=O)COc1cc(C)ccc1[C@@H](C)O. The Morgan fingerprint density at radius 2 is 2.33 bits per heavy atom. The van der Waals surface area contributed by atoms with Gasteiger partial charge in [-0.2, -0.15) is 0 Å². The van der Waals surface area contributed by atoms with Crippen LogP contribution < -0.4 is 10.1 Å². The van der Waals surface area contributed by atoms with Gasteiger partial charge in [0.25, 0.3) is 5.91 Å². The van der Waals surface area contributed by atoms with Gasteiger partial charge in [-0.05, 0) is 25.5 Å². The van der Waals surface area contributed by atoms with Crippen LogP contribution >= 0.6 is 0 Å². The Morgan fingerprint density at radius 1 is 1.61 bits per heavy atom. The van der Waals surface area contributed by atoms with Gasteiger partial charge in [0.2, 0.25) is 0 Å². The molecule has 0 saturated heterocycles. The highest BCUT2D eigenvalue weighted by Gasteiger charge is 2.10. The van der Waals surface area contributed by atoms with E-state index in [1.54, 1.807) is 19.1 Å². The summed E-state index contributed by atoms with van der Waals surface area (Å²) in [6, 6.07) is 5.51. The minimum absolute atomic E-state index is 0.0724. The van der Waals surface area contributed by atoms with Crippen molar-refractivity contribution in [2.45, 2.75) is 20.0 Å². The van der Waals surface area contributed by atoms with Crippen LogP contribution in [0, 0.1) is 6.92 Å². The van der Waals surface area contributed by atoms with Gasteiger partial charge in [-0.3, -0.25) is 4.79 Å². The van der Waals surface area contributed by atoms with Crippen molar-refractivity contribution in [2.24, 2.45) is 0 Å². The third kappa shape index (κ3) is 4.22. The second kappa shape index (κ2) is 6.81. The highest BCUT2D eigenvalue weighted by atomic mass is 16.5. The molecule has 4 heteroatoms. The molecule has 0 aliphatic carbocycles. The number of hydrogen-bond acceptors (Lipinski definition) is 3. The van der Waals surface area contributed by atoms with Crippen molar-refractivity contribution in [3.8, 4) is 5.75 Å². The molecular weight excluding hydrogens is 230 g/mol. The Morgan fingerprint density at radius 3 is 2.94 bits per heavy atom. The normalized spacial score (nSPS) is 11.7. The van der Waals surface area contributed by atoms with Gasteiger partial charge in [0.05, 0.1) is 6.10 Å². The summed E-state index contributed by atoms with van der Waals surface area (Å²) in [5.74, 6) is 0.326. The molecule has 0 fully saturated rings. The number of benzene rings is 1. The average Bonchev–Trinajstić information content (AvgIpc) is 2.33. The number of aliphatic hydroxyl groups excluding tert-OH is 1. The maximum Gasteiger partial charge on any atom is 0.258 e. The van der Waals surface area contributed by atoms with Crippen LogP contribution in [0.2, 0.25) is 0 Å². The Hall–Kier alpha value is -1.81. The van der Waals surface area contributed by atoms with Crippen LogP contribution in [0.15, 0.2) is 30.9 Å². The molecule has 1 amide bonds. The number of rotatable bonds is 6. The Bertz CT molecular complexity index is 427. The third-order valence-electron chi connectivity index (χ3n) is 2.42. The Kier molecular flexibility index (Phi) is 5.39. The second-order valence-electron chi connectivity index (χ2n) is 4.10. The number of aliphatic hydroxyl groups is 1. The van der Waals surface area contributed by atoms with Crippen molar-refractivity contribution < 1.29 is 14.6 Å². The summed E-state index contributed by atoms with van der Waals surface area (Å²) in [5.41, 5.74) is 1.69. The van der Waals surface area contributed by atoms with Crippen molar-refractivity contribution in [1.82, 2.24) is 5.32 Å². The van der Waals surface area contributed by atoms with Gasteiger partial charge >= 0.3 is 0 Å². The van der Waals surface area contributed by atoms with Crippen molar-refractivity contribution in [1.29, 1.82) is 0 Å². The van der Waals surface area contributed by atoms with E-state index in [0.29, 0.717) is 17.9 Å². The van der Waals surface area contributed by atoms with E-state index in [9.17, 15) is 9.90 Å². The first-order valence-corrected chi connectivity index (χ1v) is 5.83. The molecule has 18 heavy (non-hydrogen) atoms. The predicted octanol–water partition coefficient (Wildman–Crippen LogP) is 1.73. The molecule has 0 heterocycles. The largest absolute Gasteiger partial charge is 0.483 e. The fourth-order valence-corrected chi connectivity index (χ4v) is 1.49. The second-order valence-corrected chi connectivity index (χ2v) is 4.10. The Balaban J connectivity index is 2.68. The summed E-state index contributed by atoms with van der Waals surface area (Å²) < 4.78 is 5.43. The molecular formula is C14H19NO3. The Labute approximate surface area is 107 Å². The lowest BCUT2D eigenvalue weighted by atomic mass is 10.1. The monoisotopic (exact) mass is 249 g/mol. The molecule has 1 aromatic rings. The van der Waals surface area contributed by atoms with E-state index in [-0.39, 0.29) is 12.5 Å². The van der Waals surface area contributed by atoms with E-state index in [2.05, 4.69) is 11.9 Å². The average molecular weight is 249 g/mol. The molecule has 0 aliphatic heterocycles. The van der Waals surface area contributed by atoms with Crippen molar-refractivity contribution >= 4 is 5.91 Å². The molecule has 1 atom stereocenters. The van der Waals surface area contributed by atoms with E-state index in [1.165, 1.54) is 0 Å². The summed E-state index contributed by atoms with van der Waals surface area (Å²) >= 11 is 0. The zero-order chi connectivity index (χ0) is 13.5. The van der Waals surface area contributed by atoms with Gasteiger partial charge in [-0.25, -0.2) is 0 Å². The van der Waals surface area contributed by atoms with E-state index >= 15 is 0 Å². The quantitative estimate of drug-likeness (QED) is 0.755. The molecule has 98 valence electrons. The molecule has 0 aliphatic rings. The fraction of sp³-hybridized carbons (Fsp3) is 0.357. The minimum Gasteiger partial charge on any atom is -0.483 e. The van der Waals surface area contributed by atoms with Crippen molar-refractivity contribution in [3.05, 3.63) is 42.0 Å². The molecule has 1 rings (SSSR count). The number of amides is 1.